The number of likely N-dealkylation sites (tertiary alicyclic amines) is 1. The van der Waals surface area contributed by atoms with Crippen LogP contribution in [0.2, 0.25) is 0 Å². The molecule has 0 aromatic carbocycles. The number of carbonyl (C=O) groups is 1. The molecule has 0 radical (unpaired) electrons. The Morgan fingerprint density at radius 2 is 2.30 bits per heavy atom. The zero-order chi connectivity index (χ0) is 16.2. The van der Waals surface area contributed by atoms with Crippen LogP contribution in [0.25, 0.3) is 0 Å². The third kappa shape index (κ3) is 3.39. The summed E-state index contributed by atoms with van der Waals surface area (Å²) in [6.07, 6.45) is 5.53. The lowest BCUT2D eigenvalue weighted by Gasteiger charge is -2.39. The SMILES string of the molecule is C[C@H]1CCCN(C(=O)c2cn(Cc3ccccn3)nn2)[C@@H]1CN. The van der Waals surface area contributed by atoms with Crippen molar-refractivity contribution in [2.45, 2.75) is 32.4 Å². The zero-order valence-electron chi connectivity index (χ0n) is 13.3. The van der Waals surface area contributed by atoms with Crippen molar-refractivity contribution < 1.29 is 4.79 Å². The average Bonchev–Trinajstić information content (AvgIpc) is 3.03. The molecule has 2 atom stereocenters. The molecule has 2 aromatic rings. The van der Waals surface area contributed by atoms with Crippen molar-refractivity contribution in [3.8, 4) is 0 Å². The zero-order valence-corrected chi connectivity index (χ0v) is 13.3. The van der Waals surface area contributed by atoms with E-state index in [0.29, 0.717) is 24.7 Å². The van der Waals surface area contributed by atoms with E-state index < -0.39 is 0 Å². The number of pyridine rings is 1. The molecule has 1 aliphatic heterocycles. The van der Waals surface area contributed by atoms with Crippen molar-refractivity contribution in [2.24, 2.45) is 11.7 Å². The van der Waals surface area contributed by atoms with Crippen molar-refractivity contribution in [1.29, 1.82) is 0 Å². The summed E-state index contributed by atoms with van der Waals surface area (Å²) in [5.74, 6) is 0.334. The minimum atomic E-state index is -0.0840. The summed E-state index contributed by atoms with van der Waals surface area (Å²) in [7, 11) is 0. The molecule has 0 aliphatic carbocycles. The van der Waals surface area contributed by atoms with Gasteiger partial charge in [0, 0.05) is 25.3 Å². The highest BCUT2D eigenvalue weighted by molar-refractivity contribution is 5.92. The molecule has 1 saturated heterocycles. The van der Waals surface area contributed by atoms with E-state index in [9.17, 15) is 4.79 Å². The summed E-state index contributed by atoms with van der Waals surface area (Å²) in [6.45, 7) is 3.86. The summed E-state index contributed by atoms with van der Waals surface area (Å²) < 4.78 is 1.64. The Bertz CT molecular complexity index is 656. The highest BCUT2D eigenvalue weighted by Gasteiger charge is 2.32. The molecule has 3 rings (SSSR count). The van der Waals surface area contributed by atoms with E-state index in [1.165, 1.54) is 0 Å². The van der Waals surface area contributed by atoms with E-state index in [2.05, 4.69) is 22.2 Å². The Balaban J connectivity index is 1.73. The molecule has 23 heavy (non-hydrogen) atoms. The van der Waals surface area contributed by atoms with Gasteiger partial charge >= 0.3 is 0 Å². The van der Waals surface area contributed by atoms with Crippen molar-refractivity contribution in [3.63, 3.8) is 0 Å². The van der Waals surface area contributed by atoms with Crippen molar-refractivity contribution >= 4 is 5.91 Å². The standard InChI is InChI=1S/C16H22N6O/c1-12-5-4-8-22(15(12)9-17)16(23)14-11-21(20-19-14)10-13-6-2-3-7-18-13/h2-3,6-7,11-12,15H,4-5,8-10,17H2,1H3/t12-,15+/m0/s1. The number of aromatic nitrogens is 4. The van der Waals surface area contributed by atoms with Gasteiger partial charge in [-0.25, -0.2) is 4.68 Å². The van der Waals surface area contributed by atoms with Gasteiger partial charge in [-0.2, -0.15) is 0 Å². The molecule has 122 valence electrons. The molecule has 0 unspecified atom stereocenters. The number of hydrogen-bond acceptors (Lipinski definition) is 5. The predicted octanol–water partition coefficient (Wildman–Crippen LogP) is 0.921. The Morgan fingerprint density at radius 1 is 1.43 bits per heavy atom. The van der Waals surface area contributed by atoms with E-state index in [0.717, 1.165) is 25.1 Å². The Morgan fingerprint density at radius 3 is 3.04 bits per heavy atom. The molecule has 7 heteroatoms. The molecule has 0 bridgehead atoms. The van der Waals surface area contributed by atoms with Crippen LogP contribution in [0.3, 0.4) is 0 Å². The van der Waals surface area contributed by atoms with Crippen molar-refractivity contribution in [1.82, 2.24) is 24.9 Å². The fourth-order valence-electron chi connectivity index (χ4n) is 3.14. The Kier molecular flexibility index (Phi) is 4.66. The molecule has 1 amide bonds. The second kappa shape index (κ2) is 6.87. The molecule has 1 fully saturated rings. The van der Waals surface area contributed by atoms with Gasteiger partial charge in [-0.1, -0.05) is 18.2 Å². The van der Waals surface area contributed by atoms with E-state index in [4.69, 9.17) is 5.73 Å². The van der Waals surface area contributed by atoms with Gasteiger partial charge in [0.05, 0.1) is 18.4 Å². The predicted molar refractivity (Wildman–Crippen MR) is 85.6 cm³/mol. The summed E-state index contributed by atoms with van der Waals surface area (Å²) in [5.41, 5.74) is 7.11. The second-order valence-electron chi connectivity index (χ2n) is 6.04. The van der Waals surface area contributed by atoms with Crippen LogP contribution in [0.5, 0.6) is 0 Å². The molecular weight excluding hydrogens is 292 g/mol. The molecule has 3 heterocycles. The smallest absolute Gasteiger partial charge is 0.276 e. The summed E-state index contributed by atoms with van der Waals surface area (Å²) in [6, 6.07) is 5.79. The lowest BCUT2D eigenvalue weighted by atomic mass is 9.90. The number of carbonyl (C=O) groups excluding carboxylic acids is 1. The molecule has 1 aliphatic rings. The number of nitrogens with zero attached hydrogens (tertiary/aromatic N) is 5. The number of hydrogen-bond donors (Lipinski definition) is 1. The minimum absolute atomic E-state index is 0.0807. The summed E-state index contributed by atoms with van der Waals surface area (Å²) in [4.78, 5) is 18.8. The molecular formula is C16H22N6O. The van der Waals surface area contributed by atoms with Crippen LogP contribution in [0, 0.1) is 5.92 Å². The normalized spacial score (nSPS) is 21.4. The number of rotatable bonds is 4. The fourth-order valence-corrected chi connectivity index (χ4v) is 3.14. The maximum absolute atomic E-state index is 12.7. The first-order chi connectivity index (χ1) is 11.2. The highest BCUT2D eigenvalue weighted by atomic mass is 16.2. The highest BCUT2D eigenvalue weighted by Crippen LogP contribution is 2.23. The van der Waals surface area contributed by atoms with Gasteiger partial charge in [0.25, 0.3) is 5.91 Å². The lowest BCUT2D eigenvalue weighted by molar-refractivity contribution is 0.0526. The van der Waals surface area contributed by atoms with Gasteiger partial charge in [-0.3, -0.25) is 9.78 Å². The first kappa shape index (κ1) is 15.6. The van der Waals surface area contributed by atoms with Gasteiger partial charge in [-0.05, 0) is 30.9 Å². The minimum Gasteiger partial charge on any atom is -0.333 e. The third-order valence-electron chi connectivity index (χ3n) is 4.43. The summed E-state index contributed by atoms with van der Waals surface area (Å²) >= 11 is 0. The topological polar surface area (TPSA) is 89.9 Å². The first-order valence-electron chi connectivity index (χ1n) is 8.00. The number of piperidine rings is 1. The van der Waals surface area contributed by atoms with Gasteiger partial charge in [0.2, 0.25) is 0 Å². The Hall–Kier alpha value is -2.28. The van der Waals surface area contributed by atoms with Gasteiger partial charge in [0.1, 0.15) is 0 Å². The molecule has 7 nitrogen and oxygen atoms in total. The van der Waals surface area contributed by atoms with Crippen LogP contribution in [-0.2, 0) is 6.54 Å². The van der Waals surface area contributed by atoms with E-state index in [1.807, 2.05) is 23.1 Å². The van der Waals surface area contributed by atoms with Crippen LogP contribution >= 0.6 is 0 Å². The molecule has 2 aromatic heterocycles. The molecule has 2 N–H and O–H groups in total. The van der Waals surface area contributed by atoms with Crippen molar-refractivity contribution in [2.75, 3.05) is 13.1 Å². The molecule has 0 saturated carbocycles. The van der Waals surface area contributed by atoms with Gasteiger partial charge in [-0.15, -0.1) is 5.10 Å². The van der Waals surface area contributed by atoms with Crippen molar-refractivity contribution in [3.05, 3.63) is 42.0 Å². The maximum atomic E-state index is 12.7. The van der Waals surface area contributed by atoms with E-state index >= 15 is 0 Å². The van der Waals surface area contributed by atoms with E-state index in [-0.39, 0.29) is 11.9 Å². The quantitative estimate of drug-likeness (QED) is 0.906. The number of nitrogens with two attached hydrogens (primary N) is 1. The average molecular weight is 314 g/mol. The van der Waals surface area contributed by atoms with Gasteiger partial charge < -0.3 is 10.6 Å². The second-order valence-corrected chi connectivity index (χ2v) is 6.04. The largest absolute Gasteiger partial charge is 0.333 e. The fraction of sp³-hybridized carbons (Fsp3) is 0.500. The monoisotopic (exact) mass is 314 g/mol. The van der Waals surface area contributed by atoms with Crippen LogP contribution in [0.15, 0.2) is 30.6 Å². The lowest BCUT2D eigenvalue weighted by Crippen LogP contribution is -2.51. The number of amides is 1. The van der Waals surface area contributed by atoms with Crippen LogP contribution < -0.4 is 5.73 Å². The summed E-state index contributed by atoms with van der Waals surface area (Å²) in [5, 5.41) is 8.08. The third-order valence-corrected chi connectivity index (χ3v) is 4.43. The van der Waals surface area contributed by atoms with E-state index in [1.54, 1.807) is 17.1 Å². The molecule has 0 spiro atoms. The van der Waals surface area contributed by atoms with Crippen LogP contribution in [0.4, 0.5) is 0 Å². The van der Waals surface area contributed by atoms with Crippen LogP contribution in [0.1, 0.15) is 35.9 Å². The Labute approximate surface area is 135 Å². The maximum Gasteiger partial charge on any atom is 0.276 e. The van der Waals surface area contributed by atoms with Gasteiger partial charge in [0.15, 0.2) is 5.69 Å². The van der Waals surface area contributed by atoms with Crippen LogP contribution in [-0.4, -0.2) is 49.9 Å². The first-order valence-corrected chi connectivity index (χ1v) is 8.00.